The molecule has 2 aromatic carbocycles. The van der Waals surface area contributed by atoms with Crippen molar-refractivity contribution in [2.75, 3.05) is 0 Å². The first-order valence-corrected chi connectivity index (χ1v) is 6.23. The summed E-state index contributed by atoms with van der Waals surface area (Å²) in [5, 5.41) is 2.75. The summed E-state index contributed by atoms with van der Waals surface area (Å²) in [5.74, 6) is -0.700. The second-order valence-electron chi connectivity index (χ2n) is 3.78. The van der Waals surface area contributed by atoms with E-state index < -0.39 is 5.82 Å². The lowest BCUT2D eigenvalue weighted by atomic mass is 10.2. The Bertz CT molecular complexity index is 571. The van der Waals surface area contributed by atoms with Gasteiger partial charge in [0.25, 0.3) is 5.91 Å². The van der Waals surface area contributed by atoms with Crippen molar-refractivity contribution in [2.45, 2.75) is 6.54 Å². The topological polar surface area (TPSA) is 29.1 Å². The fourth-order valence-electron chi connectivity index (χ4n) is 1.55. The summed E-state index contributed by atoms with van der Waals surface area (Å²) in [6.07, 6.45) is 0. The zero-order valence-corrected chi connectivity index (χ0v) is 11.1. The van der Waals surface area contributed by atoms with Crippen molar-refractivity contribution in [1.82, 2.24) is 5.32 Å². The molecule has 0 aliphatic rings. The molecule has 0 radical (unpaired) electrons. The molecule has 4 heteroatoms. The molecule has 0 saturated heterocycles. The van der Waals surface area contributed by atoms with E-state index in [1.165, 1.54) is 18.2 Å². The van der Waals surface area contributed by atoms with Gasteiger partial charge < -0.3 is 5.32 Å². The van der Waals surface area contributed by atoms with Crippen molar-refractivity contribution >= 4 is 21.8 Å². The first-order valence-electron chi connectivity index (χ1n) is 5.44. The summed E-state index contributed by atoms with van der Waals surface area (Å²) in [6, 6.07) is 13.2. The average Bonchev–Trinajstić information content (AvgIpc) is 2.37. The third kappa shape index (κ3) is 3.17. The van der Waals surface area contributed by atoms with Crippen LogP contribution in [0.2, 0.25) is 0 Å². The van der Waals surface area contributed by atoms with Gasteiger partial charge in [0.1, 0.15) is 5.82 Å². The molecule has 0 heterocycles. The smallest absolute Gasteiger partial charge is 0.251 e. The van der Waals surface area contributed by atoms with Gasteiger partial charge in [0.2, 0.25) is 0 Å². The van der Waals surface area contributed by atoms with Crippen molar-refractivity contribution in [3.8, 4) is 0 Å². The summed E-state index contributed by atoms with van der Waals surface area (Å²) in [5.41, 5.74) is 1.30. The number of benzene rings is 2. The van der Waals surface area contributed by atoms with Crippen LogP contribution < -0.4 is 5.32 Å². The van der Waals surface area contributed by atoms with Crippen LogP contribution in [0.1, 0.15) is 15.9 Å². The average molecular weight is 308 g/mol. The summed E-state index contributed by atoms with van der Waals surface area (Å²) >= 11 is 3.40. The lowest BCUT2D eigenvalue weighted by Gasteiger charge is -2.07. The molecule has 18 heavy (non-hydrogen) atoms. The van der Waals surface area contributed by atoms with E-state index in [0.717, 1.165) is 10.0 Å². The lowest BCUT2D eigenvalue weighted by Crippen LogP contribution is -2.23. The molecule has 2 nitrogen and oxygen atoms in total. The van der Waals surface area contributed by atoms with Crippen molar-refractivity contribution in [3.63, 3.8) is 0 Å². The van der Waals surface area contributed by atoms with Gasteiger partial charge in [-0.2, -0.15) is 0 Å². The van der Waals surface area contributed by atoms with Gasteiger partial charge in [0, 0.05) is 16.6 Å². The maximum absolute atomic E-state index is 13.0. The molecular formula is C14H11BrFNO. The second kappa shape index (κ2) is 5.78. The van der Waals surface area contributed by atoms with Crippen LogP contribution in [0.5, 0.6) is 0 Å². The van der Waals surface area contributed by atoms with Gasteiger partial charge in [-0.1, -0.05) is 40.2 Å². The molecule has 2 aromatic rings. The quantitative estimate of drug-likeness (QED) is 0.923. The van der Waals surface area contributed by atoms with Crippen LogP contribution in [-0.2, 0) is 6.54 Å². The number of hydrogen-bond acceptors (Lipinski definition) is 1. The van der Waals surface area contributed by atoms with Gasteiger partial charge >= 0.3 is 0 Å². The molecule has 0 atom stereocenters. The van der Waals surface area contributed by atoms with E-state index in [9.17, 15) is 9.18 Å². The molecule has 0 aliphatic heterocycles. The van der Waals surface area contributed by atoms with E-state index >= 15 is 0 Å². The SMILES string of the molecule is O=C(NCc1ccccc1Br)c1cccc(F)c1. The van der Waals surface area contributed by atoms with Gasteiger partial charge in [-0.05, 0) is 29.8 Å². The summed E-state index contributed by atoms with van der Waals surface area (Å²) in [7, 11) is 0. The zero-order valence-electron chi connectivity index (χ0n) is 9.49. The maximum atomic E-state index is 13.0. The van der Waals surface area contributed by atoms with Gasteiger partial charge in [-0.3, -0.25) is 4.79 Å². The van der Waals surface area contributed by atoms with E-state index in [1.54, 1.807) is 6.07 Å². The van der Waals surface area contributed by atoms with Crippen LogP contribution in [0, 0.1) is 5.82 Å². The van der Waals surface area contributed by atoms with Crippen LogP contribution in [0.15, 0.2) is 53.0 Å². The summed E-state index contributed by atoms with van der Waals surface area (Å²) in [6.45, 7) is 0.400. The molecule has 0 saturated carbocycles. The number of carbonyl (C=O) groups is 1. The Balaban J connectivity index is 2.03. The first-order chi connectivity index (χ1) is 8.66. The van der Waals surface area contributed by atoms with Crippen molar-refractivity contribution < 1.29 is 9.18 Å². The van der Waals surface area contributed by atoms with E-state index in [1.807, 2.05) is 24.3 Å². The highest BCUT2D eigenvalue weighted by Gasteiger charge is 2.06. The third-order valence-corrected chi connectivity index (χ3v) is 3.26. The molecular weight excluding hydrogens is 297 g/mol. The molecule has 2 rings (SSSR count). The van der Waals surface area contributed by atoms with Gasteiger partial charge in [-0.15, -0.1) is 0 Å². The van der Waals surface area contributed by atoms with Gasteiger partial charge in [-0.25, -0.2) is 4.39 Å². The molecule has 0 unspecified atom stereocenters. The number of nitrogens with one attached hydrogen (secondary N) is 1. The molecule has 92 valence electrons. The predicted molar refractivity (Wildman–Crippen MR) is 71.7 cm³/mol. The minimum Gasteiger partial charge on any atom is -0.348 e. The van der Waals surface area contributed by atoms with Crippen molar-refractivity contribution in [2.24, 2.45) is 0 Å². The normalized spacial score (nSPS) is 10.1. The molecule has 0 aliphatic carbocycles. The minimum absolute atomic E-state index is 0.287. The summed E-state index contributed by atoms with van der Waals surface area (Å²) in [4.78, 5) is 11.8. The Morgan fingerprint density at radius 3 is 2.67 bits per heavy atom. The Hall–Kier alpha value is -1.68. The number of halogens is 2. The molecule has 0 bridgehead atoms. The standard InChI is InChI=1S/C14H11BrFNO/c15-13-7-2-1-4-11(13)9-17-14(18)10-5-3-6-12(16)8-10/h1-8H,9H2,(H,17,18). The minimum atomic E-state index is -0.413. The Morgan fingerprint density at radius 2 is 1.94 bits per heavy atom. The van der Waals surface area contributed by atoms with Crippen LogP contribution in [0.4, 0.5) is 4.39 Å². The third-order valence-electron chi connectivity index (χ3n) is 2.48. The van der Waals surface area contributed by atoms with Crippen LogP contribution in [0.25, 0.3) is 0 Å². The number of rotatable bonds is 3. The molecule has 0 aromatic heterocycles. The van der Waals surface area contributed by atoms with E-state index in [4.69, 9.17) is 0 Å². The fourth-order valence-corrected chi connectivity index (χ4v) is 1.97. The first kappa shape index (κ1) is 12.8. The Labute approximate surface area is 113 Å². The van der Waals surface area contributed by atoms with Crippen LogP contribution in [-0.4, -0.2) is 5.91 Å². The maximum Gasteiger partial charge on any atom is 0.251 e. The van der Waals surface area contributed by atoms with Gasteiger partial charge in [0.15, 0.2) is 0 Å². The monoisotopic (exact) mass is 307 g/mol. The molecule has 1 amide bonds. The van der Waals surface area contributed by atoms with Gasteiger partial charge in [0.05, 0.1) is 0 Å². The fraction of sp³-hybridized carbons (Fsp3) is 0.0714. The highest BCUT2D eigenvalue weighted by atomic mass is 79.9. The zero-order chi connectivity index (χ0) is 13.0. The van der Waals surface area contributed by atoms with E-state index in [-0.39, 0.29) is 5.91 Å². The number of hydrogen-bond donors (Lipinski definition) is 1. The van der Waals surface area contributed by atoms with Crippen molar-refractivity contribution in [3.05, 3.63) is 69.9 Å². The highest BCUT2D eigenvalue weighted by Crippen LogP contribution is 2.15. The van der Waals surface area contributed by atoms with Crippen molar-refractivity contribution in [1.29, 1.82) is 0 Å². The predicted octanol–water partition coefficient (Wildman–Crippen LogP) is 3.52. The molecule has 1 N–H and O–H groups in total. The Kier molecular flexibility index (Phi) is 4.10. The molecule has 0 spiro atoms. The lowest BCUT2D eigenvalue weighted by molar-refractivity contribution is 0.0950. The van der Waals surface area contributed by atoms with E-state index in [0.29, 0.717) is 12.1 Å². The van der Waals surface area contributed by atoms with Crippen LogP contribution >= 0.6 is 15.9 Å². The number of carbonyl (C=O) groups excluding carboxylic acids is 1. The van der Waals surface area contributed by atoms with E-state index in [2.05, 4.69) is 21.2 Å². The number of amides is 1. The Morgan fingerprint density at radius 1 is 1.17 bits per heavy atom. The summed E-state index contributed by atoms with van der Waals surface area (Å²) < 4.78 is 13.9. The van der Waals surface area contributed by atoms with Crippen LogP contribution in [0.3, 0.4) is 0 Å². The second-order valence-corrected chi connectivity index (χ2v) is 4.64. The molecule has 0 fully saturated rings. The largest absolute Gasteiger partial charge is 0.348 e. The highest BCUT2D eigenvalue weighted by molar-refractivity contribution is 9.10.